The van der Waals surface area contributed by atoms with Crippen molar-refractivity contribution in [2.45, 2.75) is 284 Å². The molecule has 0 amide bonds. The van der Waals surface area contributed by atoms with E-state index < -0.39 is 6.10 Å². The summed E-state index contributed by atoms with van der Waals surface area (Å²) in [6.45, 7) is 6.51. The molecular weight excluding hydrogens is 829 g/mol. The van der Waals surface area contributed by atoms with Crippen LogP contribution in [0.15, 0.2) is 72.9 Å². The molecule has 0 N–H and O–H groups in total. The van der Waals surface area contributed by atoms with Crippen LogP contribution in [-0.4, -0.2) is 37.2 Å². The molecule has 6 heteroatoms. The fourth-order valence-electron chi connectivity index (χ4n) is 7.93. The Hall–Kier alpha value is -3.15. The van der Waals surface area contributed by atoms with Crippen molar-refractivity contribution in [1.82, 2.24) is 0 Å². The maximum Gasteiger partial charge on any atom is 0.306 e. The van der Waals surface area contributed by atoms with Crippen LogP contribution in [0.2, 0.25) is 0 Å². The third-order valence-corrected chi connectivity index (χ3v) is 12.2. The lowest BCUT2D eigenvalue weighted by atomic mass is 10.1. The first-order valence-electron chi connectivity index (χ1n) is 28.4. The van der Waals surface area contributed by atoms with Gasteiger partial charge < -0.3 is 14.2 Å². The molecule has 0 spiro atoms. The van der Waals surface area contributed by atoms with E-state index in [1.807, 2.05) is 0 Å². The Morgan fingerprint density at radius 3 is 0.925 bits per heavy atom. The van der Waals surface area contributed by atoms with Gasteiger partial charge in [-0.15, -0.1) is 0 Å². The van der Waals surface area contributed by atoms with Crippen molar-refractivity contribution in [2.75, 3.05) is 13.2 Å². The maximum atomic E-state index is 12.8. The number of carbonyl (C=O) groups excluding carboxylic acids is 3. The molecule has 0 aromatic carbocycles. The van der Waals surface area contributed by atoms with Crippen LogP contribution in [0.3, 0.4) is 0 Å². The van der Waals surface area contributed by atoms with Gasteiger partial charge in [0.15, 0.2) is 6.10 Å². The minimum absolute atomic E-state index is 0.0800. The molecule has 0 saturated heterocycles. The van der Waals surface area contributed by atoms with Gasteiger partial charge in [0.05, 0.1) is 0 Å². The Morgan fingerprint density at radius 1 is 0.313 bits per heavy atom. The fraction of sp³-hybridized carbons (Fsp3) is 0.754. The Bertz CT molecular complexity index is 1260. The highest BCUT2D eigenvalue weighted by atomic mass is 16.6. The predicted molar refractivity (Wildman–Crippen MR) is 288 cm³/mol. The van der Waals surface area contributed by atoms with Crippen LogP contribution in [0.4, 0.5) is 0 Å². The van der Waals surface area contributed by atoms with Crippen LogP contribution in [0.5, 0.6) is 0 Å². The number of allylic oxidation sites excluding steroid dienone is 12. The summed E-state index contributed by atoms with van der Waals surface area (Å²) >= 11 is 0. The van der Waals surface area contributed by atoms with Crippen LogP contribution in [0, 0.1) is 0 Å². The van der Waals surface area contributed by atoms with E-state index in [1.165, 1.54) is 128 Å². The van der Waals surface area contributed by atoms with E-state index in [-0.39, 0.29) is 31.1 Å². The molecule has 0 saturated carbocycles. The van der Waals surface area contributed by atoms with Gasteiger partial charge in [-0.05, 0) is 89.9 Å². The van der Waals surface area contributed by atoms with Gasteiger partial charge in [0.25, 0.3) is 0 Å². The van der Waals surface area contributed by atoms with Crippen molar-refractivity contribution < 1.29 is 28.6 Å². The summed E-state index contributed by atoms with van der Waals surface area (Å²) in [6.07, 6.45) is 70.3. The van der Waals surface area contributed by atoms with Crippen LogP contribution in [0.1, 0.15) is 278 Å². The Morgan fingerprint density at radius 2 is 0.582 bits per heavy atom. The lowest BCUT2D eigenvalue weighted by molar-refractivity contribution is -0.167. The molecular formula is C61H106O6. The van der Waals surface area contributed by atoms with Gasteiger partial charge in [-0.1, -0.05) is 241 Å². The van der Waals surface area contributed by atoms with Gasteiger partial charge in [0.1, 0.15) is 13.2 Å². The van der Waals surface area contributed by atoms with Crippen molar-refractivity contribution in [3.63, 3.8) is 0 Å². The lowest BCUT2D eigenvalue weighted by Crippen LogP contribution is -2.30. The quantitative estimate of drug-likeness (QED) is 0.0262. The summed E-state index contributed by atoms with van der Waals surface area (Å²) in [6, 6.07) is 0. The zero-order chi connectivity index (χ0) is 48.6. The van der Waals surface area contributed by atoms with Gasteiger partial charge in [-0.3, -0.25) is 14.4 Å². The van der Waals surface area contributed by atoms with Crippen molar-refractivity contribution >= 4 is 17.9 Å². The SMILES string of the molecule is CC/C=C\C/C=C\C/C=C\C/C=C\C/C=C\CCCCCCCCCC(=O)OCC(COC(=O)CCCCCCCCCCCCC)OC(=O)CCCCCCC/C=C\CCCCCCCC. The van der Waals surface area contributed by atoms with Gasteiger partial charge >= 0.3 is 17.9 Å². The number of carbonyl (C=O) groups is 3. The predicted octanol–water partition coefficient (Wildman–Crippen LogP) is 19.0. The molecule has 0 aliphatic heterocycles. The topological polar surface area (TPSA) is 78.9 Å². The molecule has 0 aliphatic rings. The van der Waals surface area contributed by atoms with Crippen molar-refractivity contribution in [3.05, 3.63) is 72.9 Å². The van der Waals surface area contributed by atoms with Crippen LogP contribution in [0.25, 0.3) is 0 Å². The number of ether oxygens (including phenoxy) is 3. The normalized spacial score (nSPS) is 12.6. The second-order valence-corrected chi connectivity index (χ2v) is 18.8. The smallest absolute Gasteiger partial charge is 0.306 e. The molecule has 67 heavy (non-hydrogen) atoms. The lowest BCUT2D eigenvalue weighted by Gasteiger charge is -2.18. The highest BCUT2D eigenvalue weighted by Gasteiger charge is 2.19. The first-order chi connectivity index (χ1) is 33.0. The van der Waals surface area contributed by atoms with E-state index in [4.69, 9.17) is 14.2 Å². The summed E-state index contributed by atoms with van der Waals surface area (Å²) in [4.78, 5) is 38.1. The summed E-state index contributed by atoms with van der Waals surface area (Å²) in [5, 5.41) is 0. The average Bonchev–Trinajstić information content (AvgIpc) is 3.33. The number of hydrogen-bond acceptors (Lipinski definition) is 6. The molecule has 0 aromatic heterocycles. The highest BCUT2D eigenvalue weighted by molar-refractivity contribution is 5.71. The van der Waals surface area contributed by atoms with Gasteiger partial charge in [0.2, 0.25) is 0 Å². The van der Waals surface area contributed by atoms with Gasteiger partial charge in [0, 0.05) is 19.3 Å². The molecule has 0 aliphatic carbocycles. The van der Waals surface area contributed by atoms with E-state index in [9.17, 15) is 14.4 Å². The van der Waals surface area contributed by atoms with Crippen molar-refractivity contribution in [3.8, 4) is 0 Å². The van der Waals surface area contributed by atoms with E-state index >= 15 is 0 Å². The first kappa shape index (κ1) is 63.8. The van der Waals surface area contributed by atoms with E-state index in [2.05, 4.69) is 93.7 Å². The largest absolute Gasteiger partial charge is 0.462 e. The molecule has 0 fully saturated rings. The fourth-order valence-corrected chi connectivity index (χ4v) is 7.93. The summed E-state index contributed by atoms with van der Waals surface area (Å²) in [7, 11) is 0. The molecule has 0 aromatic rings. The molecule has 0 rings (SSSR count). The Kier molecular flexibility index (Phi) is 52.8. The van der Waals surface area contributed by atoms with E-state index in [1.54, 1.807) is 0 Å². The number of unbranched alkanes of at least 4 members (excludes halogenated alkanes) is 28. The van der Waals surface area contributed by atoms with E-state index in [0.717, 1.165) is 109 Å². The third-order valence-electron chi connectivity index (χ3n) is 12.2. The second-order valence-electron chi connectivity index (χ2n) is 18.8. The van der Waals surface area contributed by atoms with Crippen molar-refractivity contribution in [2.24, 2.45) is 0 Å². The summed E-state index contributed by atoms with van der Waals surface area (Å²) < 4.78 is 16.8. The second kappa shape index (κ2) is 55.4. The molecule has 0 heterocycles. The minimum atomic E-state index is -0.782. The molecule has 0 radical (unpaired) electrons. The standard InChI is InChI=1S/C61H106O6/c1-4-7-10-13-16-19-22-24-26-27-28-29-30-31-32-33-35-36-39-42-45-48-51-54-60(63)66-57-58(56-65-59(62)53-50-47-44-41-38-21-18-15-12-9-6-3)67-61(64)55-52-49-46-43-40-37-34-25-23-20-17-14-11-8-5-2/h7,10,16,19,24-26,28-29,31-32,34,58H,4-6,8-9,11-15,17-18,20-23,27,30,33,35-57H2,1-3H3/b10-7-,19-16-,26-24-,29-28-,32-31-,34-25-. The van der Waals surface area contributed by atoms with Crippen LogP contribution in [-0.2, 0) is 28.6 Å². The average molecular weight is 936 g/mol. The highest BCUT2D eigenvalue weighted by Crippen LogP contribution is 2.15. The minimum Gasteiger partial charge on any atom is -0.462 e. The zero-order valence-corrected chi connectivity index (χ0v) is 44.2. The Balaban J connectivity index is 4.33. The number of hydrogen-bond donors (Lipinski definition) is 0. The Labute approximate surface area is 414 Å². The van der Waals surface area contributed by atoms with Crippen molar-refractivity contribution in [1.29, 1.82) is 0 Å². The molecule has 1 unspecified atom stereocenters. The molecule has 386 valence electrons. The number of esters is 3. The maximum absolute atomic E-state index is 12.8. The summed E-state index contributed by atoms with van der Waals surface area (Å²) in [5.41, 5.74) is 0. The monoisotopic (exact) mass is 935 g/mol. The van der Waals surface area contributed by atoms with Gasteiger partial charge in [-0.25, -0.2) is 0 Å². The zero-order valence-electron chi connectivity index (χ0n) is 44.2. The van der Waals surface area contributed by atoms with E-state index in [0.29, 0.717) is 19.3 Å². The van der Waals surface area contributed by atoms with Crippen LogP contribution < -0.4 is 0 Å². The van der Waals surface area contributed by atoms with Crippen LogP contribution >= 0.6 is 0 Å². The third kappa shape index (κ3) is 53.7. The number of rotatable bonds is 51. The molecule has 1 atom stereocenters. The molecule has 6 nitrogen and oxygen atoms in total. The molecule has 0 bridgehead atoms. The van der Waals surface area contributed by atoms with Gasteiger partial charge in [-0.2, -0.15) is 0 Å². The first-order valence-corrected chi connectivity index (χ1v) is 28.4. The summed E-state index contributed by atoms with van der Waals surface area (Å²) in [5.74, 6) is -0.893.